The van der Waals surface area contributed by atoms with Crippen LogP contribution in [-0.4, -0.2) is 22.2 Å². The van der Waals surface area contributed by atoms with E-state index in [0.29, 0.717) is 16.6 Å². The summed E-state index contributed by atoms with van der Waals surface area (Å²) in [7, 11) is 0. The van der Waals surface area contributed by atoms with Gasteiger partial charge in [0.15, 0.2) is 0 Å². The first-order valence-corrected chi connectivity index (χ1v) is 6.27. The third kappa shape index (κ3) is 4.94. The van der Waals surface area contributed by atoms with Gasteiger partial charge in [0.2, 0.25) is 0 Å². The van der Waals surface area contributed by atoms with Crippen molar-refractivity contribution < 1.29 is 13.9 Å². The Balaban J connectivity index is 2.52. The van der Waals surface area contributed by atoms with Crippen molar-refractivity contribution in [3.05, 3.63) is 35.4 Å². The number of hydrogen-bond donors (Lipinski definition) is 1. The van der Waals surface area contributed by atoms with Crippen LogP contribution in [0.15, 0.2) is 18.2 Å². The van der Waals surface area contributed by atoms with Gasteiger partial charge in [-0.3, -0.25) is 0 Å². The number of hydrogen-bond acceptors (Lipinski definition) is 2. The predicted molar refractivity (Wildman–Crippen MR) is 63.7 cm³/mol. The molecule has 0 saturated heterocycles. The van der Waals surface area contributed by atoms with Crippen LogP contribution in [0.2, 0.25) is 0 Å². The lowest BCUT2D eigenvalue weighted by atomic mass is 10.1. The maximum absolute atomic E-state index is 12.9. The second-order valence-electron chi connectivity index (χ2n) is 4.02. The third-order valence-electron chi connectivity index (χ3n) is 2.02. The molecule has 1 atom stereocenters. The van der Waals surface area contributed by atoms with E-state index in [4.69, 9.17) is 0 Å². The first-order chi connectivity index (χ1) is 7.47. The summed E-state index contributed by atoms with van der Waals surface area (Å²) in [6.07, 6.45) is -0.275. The summed E-state index contributed by atoms with van der Waals surface area (Å²) >= 11 is 1.63. The summed E-state index contributed by atoms with van der Waals surface area (Å²) < 4.78 is 25.7. The molecule has 1 nitrogen and oxygen atoms in total. The second-order valence-corrected chi connectivity index (χ2v) is 5.63. The highest BCUT2D eigenvalue weighted by molar-refractivity contribution is 7.99. The normalized spacial score (nSPS) is 13.1. The Kier molecular flexibility index (Phi) is 5.22. The van der Waals surface area contributed by atoms with Gasteiger partial charge in [-0.2, -0.15) is 11.8 Å². The largest absolute Gasteiger partial charge is 0.392 e. The van der Waals surface area contributed by atoms with Gasteiger partial charge in [0.25, 0.3) is 0 Å². The number of rotatable bonds is 5. The number of thioether (sulfide) groups is 1. The fourth-order valence-corrected chi connectivity index (χ4v) is 2.09. The third-order valence-corrected chi connectivity index (χ3v) is 3.26. The molecule has 0 aliphatic carbocycles. The minimum absolute atomic E-state index is 0.286. The molecule has 0 aliphatic rings. The lowest BCUT2D eigenvalue weighted by Gasteiger charge is -2.12. The van der Waals surface area contributed by atoms with E-state index in [2.05, 4.69) is 0 Å². The van der Waals surface area contributed by atoms with Gasteiger partial charge in [-0.15, -0.1) is 0 Å². The molecule has 0 heterocycles. The monoisotopic (exact) mass is 246 g/mol. The van der Waals surface area contributed by atoms with E-state index < -0.39 is 17.7 Å². The molecule has 1 aromatic carbocycles. The summed E-state index contributed by atoms with van der Waals surface area (Å²) in [4.78, 5) is 0. The molecular formula is C12H16F2OS. The van der Waals surface area contributed by atoms with Crippen molar-refractivity contribution in [3.8, 4) is 0 Å². The molecular weight excluding hydrogens is 230 g/mol. The molecule has 0 bridgehead atoms. The summed E-state index contributed by atoms with van der Waals surface area (Å²) in [5.74, 6) is -0.618. The van der Waals surface area contributed by atoms with Crippen molar-refractivity contribution >= 4 is 11.8 Å². The Hall–Kier alpha value is -0.610. The first kappa shape index (κ1) is 13.5. The molecule has 0 fully saturated rings. The minimum Gasteiger partial charge on any atom is -0.392 e. The number of halogens is 2. The van der Waals surface area contributed by atoms with Crippen molar-refractivity contribution in [3.63, 3.8) is 0 Å². The SMILES string of the molecule is CC(C)SCC(O)Cc1cc(F)cc(F)c1. The molecule has 16 heavy (non-hydrogen) atoms. The zero-order chi connectivity index (χ0) is 12.1. The Morgan fingerprint density at radius 2 is 1.75 bits per heavy atom. The fourth-order valence-electron chi connectivity index (χ4n) is 1.36. The Morgan fingerprint density at radius 3 is 2.25 bits per heavy atom. The van der Waals surface area contributed by atoms with E-state index in [1.165, 1.54) is 12.1 Å². The van der Waals surface area contributed by atoms with Crippen LogP contribution >= 0.6 is 11.8 Å². The van der Waals surface area contributed by atoms with Gasteiger partial charge in [-0.05, 0) is 29.4 Å². The van der Waals surface area contributed by atoms with Crippen LogP contribution < -0.4 is 0 Å². The Labute approximate surface area is 98.9 Å². The average Bonchev–Trinajstić information content (AvgIpc) is 2.12. The molecule has 0 aliphatic heterocycles. The predicted octanol–water partition coefficient (Wildman–Crippen LogP) is 3.01. The molecule has 1 unspecified atom stereocenters. The van der Waals surface area contributed by atoms with E-state index in [1.807, 2.05) is 13.8 Å². The van der Waals surface area contributed by atoms with Gasteiger partial charge in [0.1, 0.15) is 11.6 Å². The van der Waals surface area contributed by atoms with Gasteiger partial charge >= 0.3 is 0 Å². The highest BCUT2D eigenvalue weighted by Gasteiger charge is 2.09. The number of aliphatic hydroxyl groups is 1. The van der Waals surface area contributed by atoms with Crippen molar-refractivity contribution in [1.29, 1.82) is 0 Å². The van der Waals surface area contributed by atoms with Crippen LogP contribution in [0.5, 0.6) is 0 Å². The molecule has 1 aromatic rings. The van der Waals surface area contributed by atoms with E-state index in [9.17, 15) is 13.9 Å². The smallest absolute Gasteiger partial charge is 0.126 e. The second kappa shape index (κ2) is 6.21. The zero-order valence-corrected chi connectivity index (χ0v) is 10.2. The molecule has 0 amide bonds. The molecule has 1 N–H and O–H groups in total. The van der Waals surface area contributed by atoms with Crippen molar-refractivity contribution in [2.45, 2.75) is 31.6 Å². The maximum Gasteiger partial charge on any atom is 0.126 e. The Bertz CT molecular complexity index is 322. The van der Waals surface area contributed by atoms with Crippen molar-refractivity contribution in [2.75, 3.05) is 5.75 Å². The quantitative estimate of drug-likeness (QED) is 0.861. The lowest BCUT2D eigenvalue weighted by Crippen LogP contribution is -2.15. The molecule has 4 heteroatoms. The zero-order valence-electron chi connectivity index (χ0n) is 9.41. The van der Waals surface area contributed by atoms with Crippen LogP contribution in [-0.2, 0) is 6.42 Å². The average molecular weight is 246 g/mol. The summed E-state index contributed by atoms with van der Waals surface area (Å²) in [6, 6.07) is 3.34. The van der Waals surface area contributed by atoms with E-state index in [0.717, 1.165) is 6.07 Å². The minimum atomic E-state index is -0.598. The van der Waals surface area contributed by atoms with E-state index >= 15 is 0 Å². The van der Waals surface area contributed by atoms with Crippen LogP contribution in [0.25, 0.3) is 0 Å². The number of aliphatic hydroxyl groups excluding tert-OH is 1. The maximum atomic E-state index is 12.9. The molecule has 0 aromatic heterocycles. The van der Waals surface area contributed by atoms with Gasteiger partial charge < -0.3 is 5.11 Å². The molecule has 90 valence electrons. The van der Waals surface area contributed by atoms with Gasteiger partial charge in [0, 0.05) is 11.8 Å². The summed E-state index contributed by atoms with van der Waals surface area (Å²) in [5, 5.41) is 10.1. The van der Waals surface area contributed by atoms with E-state index in [1.54, 1.807) is 11.8 Å². The van der Waals surface area contributed by atoms with Gasteiger partial charge in [0.05, 0.1) is 6.10 Å². The number of benzene rings is 1. The lowest BCUT2D eigenvalue weighted by molar-refractivity contribution is 0.200. The topological polar surface area (TPSA) is 20.2 Å². The van der Waals surface area contributed by atoms with Crippen LogP contribution in [0.3, 0.4) is 0 Å². The van der Waals surface area contributed by atoms with Crippen LogP contribution in [0.4, 0.5) is 8.78 Å². The highest BCUT2D eigenvalue weighted by atomic mass is 32.2. The van der Waals surface area contributed by atoms with Crippen molar-refractivity contribution in [1.82, 2.24) is 0 Å². The van der Waals surface area contributed by atoms with Gasteiger partial charge in [-0.25, -0.2) is 8.78 Å². The summed E-state index contributed by atoms with van der Waals surface area (Å²) in [5.41, 5.74) is 0.495. The Morgan fingerprint density at radius 1 is 1.19 bits per heavy atom. The van der Waals surface area contributed by atoms with Crippen LogP contribution in [0, 0.1) is 11.6 Å². The standard InChI is InChI=1S/C12H16F2OS/c1-8(2)16-7-12(15)5-9-3-10(13)6-11(14)4-9/h3-4,6,8,12,15H,5,7H2,1-2H3. The van der Waals surface area contributed by atoms with Crippen molar-refractivity contribution in [2.24, 2.45) is 0 Å². The molecule has 0 spiro atoms. The molecule has 1 rings (SSSR count). The van der Waals surface area contributed by atoms with Crippen LogP contribution in [0.1, 0.15) is 19.4 Å². The molecule has 0 radical (unpaired) electrons. The van der Waals surface area contributed by atoms with E-state index in [-0.39, 0.29) is 6.42 Å². The highest BCUT2D eigenvalue weighted by Crippen LogP contribution is 2.15. The summed E-state index contributed by atoms with van der Waals surface area (Å²) in [6.45, 7) is 4.08. The fraction of sp³-hybridized carbons (Fsp3) is 0.500. The first-order valence-electron chi connectivity index (χ1n) is 5.22. The molecule has 0 saturated carbocycles. The van der Waals surface area contributed by atoms with Gasteiger partial charge in [-0.1, -0.05) is 13.8 Å².